The number of rotatable bonds is 4. The van der Waals surface area contributed by atoms with Gasteiger partial charge in [0.05, 0.1) is 6.61 Å². The van der Waals surface area contributed by atoms with Gasteiger partial charge >= 0.3 is 0 Å². The SMILES string of the molecule is COCc1cccc(C(C)C=O)c1. The Morgan fingerprint density at radius 1 is 1.54 bits per heavy atom. The van der Waals surface area contributed by atoms with E-state index >= 15 is 0 Å². The topological polar surface area (TPSA) is 26.3 Å². The summed E-state index contributed by atoms with van der Waals surface area (Å²) < 4.78 is 5.01. The van der Waals surface area contributed by atoms with Crippen LogP contribution in [0.5, 0.6) is 0 Å². The van der Waals surface area contributed by atoms with Crippen LogP contribution in [0.2, 0.25) is 0 Å². The predicted molar refractivity (Wildman–Crippen MR) is 51.6 cm³/mol. The van der Waals surface area contributed by atoms with Crippen molar-refractivity contribution in [1.29, 1.82) is 0 Å². The molecule has 0 aliphatic heterocycles. The summed E-state index contributed by atoms with van der Waals surface area (Å²) in [6, 6.07) is 7.90. The Morgan fingerprint density at radius 2 is 2.31 bits per heavy atom. The number of carbonyl (C=O) groups is 1. The van der Waals surface area contributed by atoms with Gasteiger partial charge in [0.2, 0.25) is 0 Å². The van der Waals surface area contributed by atoms with Crippen LogP contribution in [0.4, 0.5) is 0 Å². The standard InChI is InChI=1S/C11H14O2/c1-9(7-12)11-5-3-4-10(6-11)8-13-2/h3-7,9H,8H2,1-2H3. The average molecular weight is 178 g/mol. The van der Waals surface area contributed by atoms with Crippen LogP contribution in [-0.4, -0.2) is 13.4 Å². The summed E-state index contributed by atoms with van der Waals surface area (Å²) in [7, 11) is 1.66. The molecule has 1 rings (SSSR count). The van der Waals surface area contributed by atoms with E-state index in [0.717, 1.165) is 17.4 Å². The first-order valence-electron chi connectivity index (χ1n) is 4.31. The minimum absolute atomic E-state index is 0.0307. The molecule has 1 atom stereocenters. The lowest BCUT2D eigenvalue weighted by Gasteiger charge is -2.06. The molecule has 2 nitrogen and oxygen atoms in total. The van der Waals surface area contributed by atoms with E-state index in [4.69, 9.17) is 4.74 Å². The zero-order valence-electron chi connectivity index (χ0n) is 7.99. The number of benzene rings is 1. The minimum Gasteiger partial charge on any atom is -0.380 e. The first-order chi connectivity index (χ1) is 6.27. The molecule has 1 unspecified atom stereocenters. The van der Waals surface area contributed by atoms with Crippen LogP contribution in [0.25, 0.3) is 0 Å². The first-order valence-corrected chi connectivity index (χ1v) is 4.31. The van der Waals surface area contributed by atoms with E-state index in [1.807, 2.05) is 31.2 Å². The van der Waals surface area contributed by atoms with Gasteiger partial charge in [0, 0.05) is 13.0 Å². The van der Waals surface area contributed by atoms with Gasteiger partial charge in [0.1, 0.15) is 6.29 Å². The quantitative estimate of drug-likeness (QED) is 0.660. The lowest BCUT2D eigenvalue weighted by Crippen LogP contribution is -1.96. The Labute approximate surface area is 78.5 Å². The van der Waals surface area contributed by atoms with Crippen molar-refractivity contribution in [3.8, 4) is 0 Å². The van der Waals surface area contributed by atoms with Gasteiger partial charge in [-0.1, -0.05) is 31.2 Å². The molecule has 1 aromatic rings. The van der Waals surface area contributed by atoms with Gasteiger partial charge in [0.25, 0.3) is 0 Å². The minimum atomic E-state index is -0.0307. The maximum atomic E-state index is 10.5. The predicted octanol–water partition coefficient (Wildman–Crippen LogP) is 2.14. The molecule has 0 aliphatic carbocycles. The molecule has 0 N–H and O–H groups in total. The third-order valence-electron chi connectivity index (χ3n) is 1.99. The fourth-order valence-corrected chi connectivity index (χ4v) is 1.21. The normalized spacial score (nSPS) is 12.5. The highest BCUT2D eigenvalue weighted by Gasteiger charge is 2.03. The second-order valence-electron chi connectivity index (χ2n) is 3.10. The highest BCUT2D eigenvalue weighted by Crippen LogP contribution is 2.14. The summed E-state index contributed by atoms with van der Waals surface area (Å²) in [6.45, 7) is 2.48. The van der Waals surface area contributed by atoms with E-state index in [-0.39, 0.29) is 5.92 Å². The van der Waals surface area contributed by atoms with Gasteiger partial charge in [-0.2, -0.15) is 0 Å². The van der Waals surface area contributed by atoms with Gasteiger partial charge < -0.3 is 9.53 Å². The van der Waals surface area contributed by atoms with Crippen LogP contribution < -0.4 is 0 Å². The molecule has 0 bridgehead atoms. The smallest absolute Gasteiger partial charge is 0.127 e. The molecular formula is C11H14O2. The van der Waals surface area contributed by atoms with E-state index in [1.54, 1.807) is 7.11 Å². The van der Waals surface area contributed by atoms with Gasteiger partial charge in [-0.3, -0.25) is 0 Å². The number of aldehydes is 1. The van der Waals surface area contributed by atoms with Gasteiger partial charge in [-0.15, -0.1) is 0 Å². The number of methoxy groups -OCH3 is 1. The molecule has 0 heterocycles. The van der Waals surface area contributed by atoms with Crippen molar-refractivity contribution in [2.45, 2.75) is 19.4 Å². The zero-order valence-corrected chi connectivity index (χ0v) is 7.99. The van der Waals surface area contributed by atoms with Crippen molar-refractivity contribution in [2.24, 2.45) is 0 Å². The molecule has 70 valence electrons. The molecule has 0 amide bonds. The molecule has 0 aromatic heterocycles. The Morgan fingerprint density at radius 3 is 2.92 bits per heavy atom. The molecule has 0 radical (unpaired) electrons. The van der Waals surface area contributed by atoms with Crippen molar-refractivity contribution in [3.63, 3.8) is 0 Å². The fraction of sp³-hybridized carbons (Fsp3) is 0.364. The lowest BCUT2D eigenvalue weighted by molar-refractivity contribution is -0.108. The summed E-state index contributed by atoms with van der Waals surface area (Å²) in [5.74, 6) is -0.0307. The van der Waals surface area contributed by atoms with Crippen molar-refractivity contribution in [2.75, 3.05) is 7.11 Å². The van der Waals surface area contributed by atoms with Gasteiger partial charge in [-0.05, 0) is 11.1 Å². The number of ether oxygens (including phenoxy) is 1. The third-order valence-corrected chi connectivity index (χ3v) is 1.99. The van der Waals surface area contributed by atoms with E-state index in [0.29, 0.717) is 6.61 Å². The third kappa shape index (κ3) is 2.67. The lowest BCUT2D eigenvalue weighted by atomic mass is 10.0. The van der Waals surface area contributed by atoms with E-state index < -0.39 is 0 Å². The van der Waals surface area contributed by atoms with Crippen LogP contribution >= 0.6 is 0 Å². The largest absolute Gasteiger partial charge is 0.380 e. The molecule has 0 aliphatic rings. The van der Waals surface area contributed by atoms with E-state index in [1.165, 1.54) is 0 Å². The summed E-state index contributed by atoms with van der Waals surface area (Å²) in [6.07, 6.45) is 0.950. The van der Waals surface area contributed by atoms with Gasteiger partial charge in [-0.25, -0.2) is 0 Å². The second-order valence-corrected chi connectivity index (χ2v) is 3.10. The monoisotopic (exact) mass is 178 g/mol. The molecule has 1 aromatic carbocycles. The van der Waals surface area contributed by atoms with E-state index in [2.05, 4.69) is 0 Å². The van der Waals surface area contributed by atoms with Crippen LogP contribution in [0.3, 0.4) is 0 Å². The molecule has 2 heteroatoms. The number of hydrogen-bond acceptors (Lipinski definition) is 2. The first kappa shape index (κ1) is 9.93. The van der Waals surface area contributed by atoms with Gasteiger partial charge in [0.15, 0.2) is 0 Å². The van der Waals surface area contributed by atoms with Crippen LogP contribution in [-0.2, 0) is 16.1 Å². The Kier molecular flexibility index (Phi) is 3.65. The summed E-state index contributed by atoms with van der Waals surface area (Å²) in [5.41, 5.74) is 2.15. The van der Waals surface area contributed by atoms with Crippen molar-refractivity contribution in [1.82, 2.24) is 0 Å². The summed E-state index contributed by atoms with van der Waals surface area (Å²) in [4.78, 5) is 10.5. The molecule has 0 spiro atoms. The van der Waals surface area contributed by atoms with Crippen LogP contribution in [0, 0.1) is 0 Å². The highest BCUT2D eigenvalue weighted by molar-refractivity contribution is 5.61. The fourth-order valence-electron chi connectivity index (χ4n) is 1.21. The Hall–Kier alpha value is -1.15. The maximum Gasteiger partial charge on any atom is 0.127 e. The molecule has 0 fully saturated rings. The van der Waals surface area contributed by atoms with E-state index in [9.17, 15) is 4.79 Å². The summed E-state index contributed by atoms with van der Waals surface area (Å²) >= 11 is 0. The van der Waals surface area contributed by atoms with Crippen molar-refractivity contribution < 1.29 is 9.53 Å². The Balaban J connectivity index is 2.84. The van der Waals surface area contributed by atoms with Crippen LogP contribution in [0.15, 0.2) is 24.3 Å². The second kappa shape index (κ2) is 4.77. The Bertz CT molecular complexity index is 281. The molecule has 13 heavy (non-hydrogen) atoms. The molecule has 0 saturated carbocycles. The highest BCUT2D eigenvalue weighted by atomic mass is 16.5. The molecular weight excluding hydrogens is 164 g/mol. The van der Waals surface area contributed by atoms with Crippen LogP contribution in [0.1, 0.15) is 24.0 Å². The maximum absolute atomic E-state index is 10.5. The van der Waals surface area contributed by atoms with Crippen molar-refractivity contribution >= 4 is 6.29 Å². The average Bonchev–Trinajstić information content (AvgIpc) is 2.18. The number of hydrogen-bond donors (Lipinski definition) is 0. The summed E-state index contributed by atoms with van der Waals surface area (Å²) in [5, 5.41) is 0. The number of carbonyl (C=O) groups excluding carboxylic acids is 1. The molecule has 0 saturated heterocycles. The van der Waals surface area contributed by atoms with Crippen molar-refractivity contribution in [3.05, 3.63) is 35.4 Å². The zero-order chi connectivity index (χ0) is 9.68.